The first-order chi connectivity index (χ1) is 9.97. The molecule has 1 N–H and O–H groups in total. The van der Waals surface area contributed by atoms with E-state index in [2.05, 4.69) is 24.1 Å². The molecular weight excluding hydrogens is 286 g/mol. The topological polar surface area (TPSA) is 45.2 Å². The third-order valence-corrected chi connectivity index (χ3v) is 4.70. The number of nitrogens with one attached hydrogen (secondary N) is 1. The van der Waals surface area contributed by atoms with Crippen LogP contribution in [0.25, 0.3) is 0 Å². The van der Waals surface area contributed by atoms with Crippen LogP contribution in [0.3, 0.4) is 0 Å². The summed E-state index contributed by atoms with van der Waals surface area (Å²) in [7, 11) is 0. The summed E-state index contributed by atoms with van der Waals surface area (Å²) >= 11 is 6.01. The molecule has 4 nitrogen and oxygen atoms in total. The lowest BCUT2D eigenvalue weighted by molar-refractivity contribution is 0.0600. The molecule has 1 saturated heterocycles. The first-order valence-corrected chi connectivity index (χ1v) is 8.06. The number of carbonyl (C=O) groups is 1. The highest BCUT2D eigenvalue weighted by molar-refractivity contribution is 6.29. The van der Waals surface area contributed by atoms with Gasteiger partial charge in [0, 0.05) is 25.2 Å². The van der Waals surface area contributed by atoms with Crippen LogP contribution >= 0.6 is 11.6 Å². The largest absolute Gasteiger partial charge is 0.370 e. The molecule has 21 heavy (non-hydrogen) atoms. The van der Waals surface area contributed by atoms with Crippen molar-refractivity contribution in [3.63, 3.8) is 0 Å². The number of hydrogen-bond acceptors (Lipinski definition) is 3. The van der Waals surface area contributed by atoms with E-state index < -0.39 is 0 Å². The number of pyridine rings is 1. The number of likely N-dealkylation sites (tertiary alicyclic amines) is 1. The zero-order chi connectivity index (χ0) is 15.5. The highest BCUT2D eigenvalue weighted by Crippen LogP contribution is 2.34. The summed E-state index contributed by atoms with van der Waals surface area (Å²) < 4.78 is 0. The fourth-order valence-electron chi connectivity index (χ4n) is 2.68. The molecule has 0 radical (unpaired) electrons. The van der Waals surface area contributed by atoms with Gasteiger partial charge in [0.15, 0.2) is 0 Å². The van der Waals surface area contributed by atoms with Crippen LogP contribution in [0.1, 0.15) is 50.4 Å². The lowest BCUT2D eigenvalue weighted by atomic mass is 9.78. The van der Waals surface area contributed by atoms with E-state index in [9.17, 15) is 4.79 Å². The van der Waals surface area contributed by atoms with Crippen molar-refractivity contribution in [2.24, 2.45) is 5.41 Å². The van der Waals surface area contributed by atoms with E-state index in [1.165, 1.54) is 6.42 Å². The number of carbonyl (C=O) groups excluding carboxylic acids is 1. The van der Waals surface area contributed by atoms with Crippen molar-refractivity contribution in [3.05, 3.63) is 22.8 Å². The maximum Gasteiger partial charge on any atom is 0.254 e. The molecule has 0 unspecified atom stereocenters. The van der Waals surface area contributed by atoms with Gasteiger partial charge >= 0.3 is 0 Å². The SMILES string of the molecule is CCNc1cc(C(=O)N2CCC(C)(CC)CC2)cc(Cl)n1. The molecule has 0 spiro atoms. The van der Waals surface area contributed by atoms with E-state index in [4.69, 9.17) is 11.6 Å². The first kappa shape index (κ1) is 16.1. The van der Waals surface area contributed by atoms with Gasteiger partial charge in [-0.1, -0.05) is 31.9 Å². The predicted octanol–water partition coefficient (Wildman–Crippen LogP) is 3.82. The smallest absolute Gasteiger partial charge is 0.254 e. The predicted molar refractivity (Wildman–Crippen MR) is 86.9 cm³/mol. The quantitative estimate of drug-likeness (QED) is 0.860. The number of amides is 1. The summed E-state index contributed by atoms with van der Waals surface area (Å²) in [5.41, 5.74) is 0.993. The molecule has 1 aromatic heterocycles. The molecule has 1 aliphatic rings. The molecule has 2 heterocycles. The molecule has 1 amide bonds. The number of halogens is 1. The fraction of sp³-hybridized carbons (Fsp3) is 0.625. The summed E-state index contributed by atoms with van der Waals surface area (Å²) in [4.78, 5) is 18.7. The highest BCUT2D eigenvalue weighted by Gasteiger charge is 2.30. The Bertz CT molecular complexity index is 510. The van der Waals surface area contributed by atoms with Crippen LogP contribution in [-0.4, -0.2) is 35.4 Å². The standard InChI is InChI=1S/C16H24ClN3O/c1-4-16(3)6-8-20(9-7-16)15(21)12-10-13(17)19-14(11-12)18-5-2/h10-11H,4-9H2,1-3H3,(H,18,19). The molecule has 5 heteroatoms. The van der Waals surface area contributed by atoms with E-state index in [0.29, 0.717) is 21.9 Å². The Morgan fingerprint density at radius 3 is 2.62 bits per heavy atom. The summed E-state index contributed by atoms with van der Waals surface area (Å²) in [6, 6.07) is 3.43. The molecule has 0 atom stereocenters. The minimum Gasteiger partial charge on any atom is -0.370 e. The summed E-state index contributed by atoms with van der Waals surface area (Å²) in [6.07, 6.45) is 3.29. The van der Waals surface area contributed by atoms with Crippen molar-refractivity contribution < 1.29 is 4.79 Å². The van der Waals surface area contributed by atoms with Gasteiger partial charge in [-0.2, -0.15) is 0 Å². The van der Waals surface area contributed by atoms with E-state index in [1.807, 2.05) is 11.8 Å². The number of hydrogen-bond donors (Lipinski definition) is 1. The second-order valence-corrected chi connectivity index (χ2v) is 6.44. The van der Waals surface area contributed by atoms with Crippen LogP contribution in [0.5, 0.6) is 0 Å². The Labute approximate surface area is 131 Å². The molecule has 1 aliphatic heterocycles. The van der Waals surface area contributed by atoms with E-state index in [1.54, 1.807) is 12.1 Å². The van der Waals surface area contributed by atoms with Gasteiger partial charge in [0.25, 0.3) is 5.91 Å². The van der Waals surface area contributed by atoms with Gasteiger partial charge in [-0.05, 0) is 37.3 Å². The maximum absolute atomic E-state index is 12.6. The minimum atomic E-state index is 0.0524. The highest BCUT2D eigenvalue weighted by atomic mass is 35.5. The average Bonchev–Trinajstić information content (AvgIpc) is 2.47. The maximum atomic E-state index is 12.6. The van der Waals surface area contributed by atoms with Gasteiger partial charge < -0.3 is 10.2 Å². The molecule has 116 valence electrons. The van der Waals surface area contributed by atoms with Crippen LogP contribution in [-0.2, 0) is 0 Å². The fourth-order valence-corrected chi connectivity index (χ4v) is 2.89. The summed E-state index contributed by atoms with van der Waals surface area (Å²) in [5.74, 6) is 0.709. The van der Waals surface area contributed by atoms with Crippen molar-refractivity contribution in [2.75, 3.05) is 25.0 Å². The third kappa shape index (κ3) is 3.88. The second-order valence-electron chi connectivity index (χ2n) is 6.05. The van der Waals surface area contributed by atoms with Crippen LogP contribution in [0.2, 0.25) is 5.15 Å². The second kappa shape index (κ2) is 6.65. The van der Waals surface area contributed by atoms with Crippen LogP contribution in [0, 0.1) is 5.41 Å². The van der Waals surface area contributed by atoms with Gasteiger partial charge in [0.2, 0.25) is 0 Å². The Balaban J connectivity index is 2.10. The van der Waals surface area contributed by atoms with Crippen LogP contribution in [0.15, 0.2) is 12.1 Å². The van der Waals surface area contributed by atoms with E-state index >= 15 is 0 Å². The minimum absolute atomic E-state index is 0.0524. The lowest BCUT2D eigenvalue weighted by Crippen LogP contribution is -2.42. The average molecular weight is 310 g/mol. The van der Waals surface area contributed by atoms with Crippen LogP contribution in [0.4, 0.5) is 5.82 Å². The normalized spacial score (nSPS) is 17.6. The third-order valence-electron chi connectivity index (χ3n) is 4.51. The molecule has 1 fully saturated rings. The Morgan fingerprint density at radius 2 is 2.05 bits per heavy atom. The van der Waals surface area contributed by atoms with Crippen molar-refractivity contribution in [1.82, 2.24) is 9.88 Å². The van der Waals surface area contributed by atoms with Crippen molar-refractivity contribution in [2.45, 2.75) is 40.0 Å². The molecule has 0 aliphatic carbocycles. The lowest BCUT2D eigenvalue weighted by Gasteiger charge is -2.39. The Hall–Kier alpha value is -1.29. The van der Waals surface area contributed by atoms with Gasteiger partial charge in [-0.25, -0.2) is 4.98 Å². The van der Waals surface area contributed by atoms with Gasteiger partial charge in [0.1, 0.15) is 11.0 Å². The van der Waals surface area contributed by atoms with Gasteiger partial charge in [0.05, 0.1) is 0 Å². The molecule has 0 saturated carbocycles. The Morgan fingerprint density at radius 1 is 1.38 bits per heavy atom. The summed E-state index contributed by atoms with van der Waals surface area (Å²) in [5, 5.41) is 3.46. The molecule has 0 aromatic carbocycles. The van der Waals surface area contributed by atoms with Gasteiger partial charge in [-0.15, -0.1) is 0 Å². The summed E-state index contributed by atoms with van der Waals surface area (Å²) in [6.45, 7) is 8.91. The van der Waals surface area contributed by atoms with E-state index in [0.717, 1.165) is 32.5 Å². The van der Waals surface area contributed by atoms with Crippen LogP contribution < -0.4 is 5.32 Å². The number of piperidine rings is 1. The zero-order valence-electron chi connectivity index (χ0n) is 13.1. The number of rotatable bonds is 4. The van der Waals surface area contributed by atoms with E-state index in [-0.39, 0.29) is 5.91 Å². The van der Waals surface area contributed by atoms with Crippen molar-refractivity contribution >= 4 is 23.3 Å². The molecule has 1 aromatic rings. The number of nitrogens with zero attached hydrogens (tertiary/aromatic N) is 2. The number of aromatic nitrogens is 1. The monoisotopic (exact) mass is 309 g/mol. The van der Waals surface area contributed by atoms with Crippen molar-refractivity contribution in [1.29, 1.82) is 0 Å². The number of anilines is 1. The van der Waals surface area contributed by atoms with Gasteiger partial charge in [-0.3, -0.25) is 4.79 Å². The molecule has 2 rings (SSSR count). The molecular formula is C16H24ClN3O. The Kier molecular flexibility index (Phi) is 5.09. The zero-order valence-corrected chi connectivity index (χ0v) is 13.8. The first-order valence-electron chi connectivity index (χ1n) is 7.68. The molecule has 0 bridgehead atoms. The van der Waals surface area contributed by atoms with Crippen molar-refractivity contribution in [3.8, 4) is 0 Å².